The Morgan fingerprint density at radius 2 is 2.00 bits per heavy atom. The smallest absolute Gasteiger partial charge is 0.0730 e. The van der Waals surface area contributed by atoms with Crippen molar-refractivity contribution in [3.8, 4) is 0 Å². The van der Waals surface area contributed by atoms with Gasteiger partial charge in [-0.3, -0.25) is 0 Å². The lowest BCUT2D eigenvalue weighted by atomic mass is 9.93. The van der Waals surface area contributed by atoms with Gasteiger partial charge in [0.2, 0.25) is 0 Å². The van der Waals surface area contributed by atoms with Crippen LogP contribution in [0.3, 0.4) is 0 Å². The van der Waals surface area contributed by atoms with Gasteiger partial charge in [0, 0.05) is 6.61 Å². The molecule has 2 heteroatoms. The normalized spacial score (nSPS) is 20.2. The Morgan fingerprint density at radius 1 is 1.35 bits per heavy atom. The van der Waals surface area contributed by atoms with Gasteiger partial charge in [0.1, 0.15) is 0 Å². The van der Waals surface area contributed by atoms with E-state index in [2.05, 4.69) is 38.8 Å². The number of rotatable bonds is 6. The van der Waals surface area contributed by atoms with Crippen LogP contribution in [0.15, 0.2) is 11.6 Å². The molecule has 2 nitrogen and oxygen atoms in total. The summed E-state index contributed by atoms with van der Waals surface area (Å²) < 4.78 is 5.78. The van der Waals surface area contributed by atoms with Gasteiger partial charge in [-0.2, -0.15) is 0 Å². The summed E-state index contributed by atoms with van der Waals surface area (Å²) in [6.45, 7) is 9.84. The van der Waals surface area contributed by atoms with Gasteiger partial charge in [-0.05, 0) is 72.5 Å². The molecule has 0 radical (unpaired) electrons. The Balaban J connectivity index is 2.02. The molecule has 1 heterocycles. The summed E-state index contributed by atoms with van der Waals surface area (Å²) in [6, 6.07) is 0. The van der Waals surface area contributed by atoms with Crippen LogP contribution in [-0.4, -0.2) is 37.7 Å². The first-order valence-corrected chi connectivity index (χ1v) is 7.03. The third-order valence-corrected chi connectivity index (χ3v) is 3.54. The number of nitrogens with zero attached hydrogens (tertiary/aromatic N) is 1. The van der Waals surface area contributed by atoms with Crippen molar-refractivity contribution in [2.45, 2.75) is 52.6 Å². The number of hydrogen-bond donors (Lipinski definition) is 0. The van der Waals surface area contributed by atoms with Crippen LogP contribution < -0.4 is 0 Å². The SMILES string of the molecule is CC(C)=CC(C)OCCCC1CCN(C)CC1. The molecule has 1 atom stereocenters. The number of likely N-dealkylation sites (tertiary alicyclic amines) is 1. The van der Waals surface area contributed by atoms with Crippen molar-refractivity contribution < 1.29 is 4.74 Å². The van der Waals surface area contributed by atoms with Crippen LogP contribution in [0.1, 0.15) is 46.5 Å². The molecule has 0 bridgehead atoms. The van der Waals surface area contributed by atoms with Crippen molar-refractivity contribution in [2.24, 2.45) is 5.92 Å². The second-order valence-electron chi connectivity index (χ2n) is 5.71. The zero-order valence-electron chi connectivity index (χ0n) is 12.0. The maximum atomic E-state index is 5.78. The van der Waals surface area contributed by atoms with Crippen LogP contribution in [0.5, 0.6) is 0 Å². The van der Waals surface area contributed by atoms with Gasteiger partial charge in [0.15, 0.2) is 0 Å². The largest absolute Gasteiger partial charge is 0.374 e. The third-order valence-electron chi connectivity index (χ3n) is 3.54. The minimum atomic E-state index is 0.275. The highest BCUT2D eigenvalue weighted by Gasteiger charge is 2.15. The van der Waals surface area contributed by atoms with Crippen molar-refractivity contribution in [3.05, 3.63) is 11.6 Å². The maximum absolute atomic E-state index is 5.78. The summed E-state index contributed by atoms with van der Waals surface area (Å²) in [5.74, 6) is 0.938. The average Bonchev–Trinajstić information content (AvgIpc) is 2.26. The first kappa shape index (κ1) is 14.7. The van der Waals surface area contributed by atoms with E-state index in [1.165, 1.54) is 44.3 Å². The minimum Gasteiger partial charge on any atom is -0.374 e. The molecule has 17 heavy (non-hydrogen) atoms. The van der Waals surface area contributed by atoms with E-state index in [1.54, 1.807) is 0 Å². The molecule has 0 aromatic heterocycles. The molecule has 1 fully saturated rings. The monoisotopic (exact) mass is 239 g/mol. The first-order chi connectivity index (χ1) is 8.08. The third kappa shape index (κ3) is 6.85. The maximum Gasteiger partial charge on any atom is 0.0730 e. The Labute approximate surface area is 107 Å². The van der Waals surface area contributed by atoms with Crippen LogP contribution in [-0.2, 0) is 4.74 Å². The average molecular weight is 239 g/mol. The molecule has 0 spiro atoms. The van der Waals surface area contributed by atoms with Crippen molar-refractivity contribution >= 4 is 0 Å². The van der Waals surface area contributed by atoms with E-state index in [-0.39, 0.29) is 6.10 Å². The first-order valence-electron chi connectivity index (χ1n) is 7.03. The second kappa shape index (κ2) is 7.88. The van der Waals surface area contributed by atoms with Gasteiger partial charge < -0.3 is 9.64 Å². The zero-order valence-corrected chi connectivity index (χ0v) is 12.0. The highest BCUT2D eigenvalue weighted by molar-refractivity contribution is 4.96. The summed E-state index contributed by atoms with van der Waals surface area (Å²) in [4.78, 5) is 2.43. The molecule has 1 aliphatic rings. The predicted molar refractivity (Wildman–Crippen MR) is 74.3 cm³/mol. The van der Waals surface area contributed by atoms with E-state index < -0.39 is 0 Å². The lowest BCUT2D eigenvalue weighted by Gasteiger charge is -2.28. The Kier molecular flexibility index (Phi) is 6.83. The second-order valence-corrected chi connectivity index (χ2v) is 5.71. The summed E-state index contributed by atoms with van der Waals surface area (Å²) in [7, 11) is 2.22. The molecule has 1 unspecified atom stereocenters. The molecule has 0 aliphatic carbocycles. The van der Waals surface area contributed by atoms with Crippen LogP contribution >= 0.6 is 0 Å². The van der Waals surface area contributed by atoms with Gasteiger partial charge in [0.05, 0.1) is 6.10 Å². The van der Waals surface area contributed by atoms with Gasteiger partial charge in [-0.15, -0.1) is 0 Å². The molecular weight excluding hydrogens is 210 g/mol. The molecule has 0 aromatic carbocycles. The van der Waals surface area contributed by atoms with Crippen molar-refractivity contribution in [2.75, 3.05) is 26.7 Å². The van der Waals surface area contributed by atoms with Gasteiger partial charge in [0.25, 0.3) is 0 Å². The Morgan fingerprint density at radius 3 is 2.59 bits per heavy atom. The summed E-state index contributed by atoms with van der Waals surface area (Å²) >= 11 is 0. The van der Waals surface area contributed by atoms with E-state index in [9.17, 15) is 0 Å². The molecule has 1 saturated heterocycles. The van der Waals surface area contributed by atoms with Crippen LogP contribution in [0.25, 0.3) is 0 Å². The van der Waals surface area contributed by atoms with Gasteiger partial charge >= 0.3 is 0 Å². The molecule has 1 aliphatic heterocycles. The van der Waals surface area contributed by atoms with E-state index in [0.29, 0.717) is 0 Å². The minimum absolute atomic E-state index is 0.275. The molecule has 0 aromatic rings. The predicted octanol–water partition coefficient (Wildman–Crippen LogP) is 3.48. The van der Waals surface area contributed by atoms with Crippen molar-refractivity contribution in [1.82, 2.24) is 4.90 Å². The van der Waals surface area contributed by atoms with E-state index >= 15 is 0 Å². The summed E-state index contributed by atoms with van der Waals surface area (Å²) in [6.07, 6.45) is 7.78. The number of hydrogen-bond acceptors (Lipinski definition) is 2. The fraction of sp³-hybridized carbons (Fsp3) is 0.867. The van der Waals surface area contributed by atoms with Crippen molar-refractivity contribution in [3.63, 3.8) is 0 Å². The van der Waals surface area contributed by atoms with Gasteiger partial charge in [-0.1, -0.05) is 11.6 Å². The summed E-state index contributed by atoms with van der Waals surface area (Å²) in [5.41, 5.74) is 1.34. The van der Waals surface area contributed by atoms with E-state index in [0.717, 1.165) is 12.5 Å². The molecule has 1 rings (SSSR count). The number of piperidine rings is 1. The van der Waals surface area contributed by atoms with E-state index in [1.807, 2.05) is 0 Å². The standard InChI is InChI=1S/C15H29NO/c1-13(2)12-14(3)17-11-5-6-15-7-9-16(4)10-8-15/h12,14-15H,5-11H2,1-4H3. The molecule has 0 amide bonds. The Bertz CT molecular complexity index is 225. The number of ether oxygens (including phenoxy) is 1. The quantitative estimate of drug-likeness (QED) is 0.520. The fourth-order valence-electron chi connectivity index (χ4n) is 2.51. The zero-order chi connectivity index (χ0) is 12.7. The highest BCUT2D eigenvalue weighted by atomic mass is 16.5. The topological polar surface area (TPSA) is 12.5 Å². The molecular formula is C15H29NO. The van der Waals surface area contributed by atoms with Gasteiger partial charge in [-0.25, -0.2) is 0 Å². The Hall–Kier alpha value is -0.340. The van der Waals surface area contributed by atoms with Crippen LogP contribution in [0.4, 0.5) is 0 Å². The fourth-order valence-corrected chi connectivity index (χ4v) is 2.51. The number of allylic oxidation sites excluding steroid dienone is 1. The lowest BCUT2D eigenvalue weighted by Crippen LogP contribution is -2.30. The molecule has 0 saturated carbocycles. The highest BCUT2D eigenvalue weighted by Crippen LogP contribution is 2.20. The van der Waals surface area contributed by atoms with E-state index in [4.69, 9.17) is 4.74 Å². The molecule has 0 N–H and O–H groups in total. The van der Waals surface area contributed by atoms with Crippen LogP contribution in [0.2, 0.25) is 0 Å². The van der Waals surface area contributed by atoms with Crippen molar-refractivity contribution in [1.29, 1.82) is 0 Å². The summed E-state index contributed by atoms with van der Waals surface area (Å²) in [5, 5.41) is 0. The lowest BCUT2D eigenvalue weighted by molar-refractivity contribution is 0.0878. The van der Waals surface area contributed by atoms with Crippen LogP contribution in [0, 0.1) is 5.92 Å². The molecule has 100 valence electrons.